The molecule has 4 heteroatoms. The normalized spacial score (nSPS) is 46.1. The van der Waals surface area contributed by atoms with Crippen molar-refractivity contribution in [2.45, 2.75) is 46.9 Å². The van der Waals surface area contributed by atoms with E-state index in [0.717, 1.165) is 38.7 Å². The fourth-order valence-corrected chi connectivity index (χ4v) is 3.16. The second-order valence-corrected chi connectivity index (χ2v) is 7.21. The van der Waals surface area contributed by atoms with E-state index >= 15 is 0 Å². The number of epoxide rings is 1. The van der Waals surface area contributed by atoms with E-state index in [0.29, 0.717) is 5.92 Å². The van der Waals surface area contributed by atoms with Crippen LogP contribution in [0.4, 0.5) is 0 Å². The minimum Gasteiger partial charge on any atom is -0.368 e. The third kappa shape index (κ3) is 1.48. The number of alkyl halides is 3. The molecule has 80 valence electrons. The Hall–Kier alpha value is 0.830. The lowest BCUT2D eigenvalue weighted by molar-refractivity contribution is 0.263. The van der Waals surface area contributed by atoms with Crippen LogP contribution in [-0.4, -0.2) is 21.4 Å². The van der Waals surface area contributed by atoms with Crippen molar-refractivity contribution < 1.29 is 4.74 Å². The van der Waals surface area contributed by atoms with E-state index in [9.17, 15) is 0 Å². The molecule has 1 saturated heterocycles. The van der Waals surface area contributed by atoms with Gasteiger partial charge in [-0.3, -0.25) is 0 Å². The number of hydrogen-bond donors (Lipinski definition) is 0. The molecule has 1 aliphatic heterocycles. The average molecular weight is 256 g/mol. The molecule has 1 heterocycles. The smallest absolute Gasteiger partial charge is 0.121 e. The van der Waals surface area contributed by atoms with Crippen LogP contribution in [0.5, 0.6) is 0 Å². The van der Waals surface area contributed by atoms with E-state index in [1.807, 2.05) is 0 Å². The summed E-state index contributed by atoms with van der Waals surface area (Å²) in [6.45, 7) is 0.834. The van der Waals surface area contributed by atoms with Crippen molar-refractivity contribution in [2.24, 2.45) is 5.92 Å². The summed E-state index contributed by atoms with van der Waals surface area (Å²) < 4.78 is 5.11. The van der Waals surface area contributed by atoms with Crippen LogP contribution in [0.1, 0.15) is 32.1 Å². The Morgan fingerprint density at radius 1 is 1.21 bits per heavy atom. The Morgan fingerprint density at radius 3 is 2.14 bits per heavy atom. The molecule has 0 aromatic heterocycles. The molecule has 0 bridgehead atoms. The Balaban J connectivity index is 1.54. The van der Waals surface area contributed by atoms with Gasteiger partial charge in [-0.15, -0.1) is 34.8 Å². The first-order valence-electron chi connectivity index (χ1n) is 5.18. The lowest BCUT2D eigenvalue weighted by Crippen LogP contribution is -2.27. The monoisotopic (exact) mass is 254 g/mol. The maximum Gasteiger partial charge on any atom is 0.121 e. The molecule has 0 N–H and O–H groups in total. The van der Waals surface area contributed by atoms with E-state index in [1.54, 1.807) is 0 Å². The van der Waals surface area contributed by atoms with Gasteiger partial charge in [0.1, 0.15) is 9.93 Å². The first-order chi connectivity index (χ1) is 6.48. The van der Waals surface area contributed by atoms with Crippen molar-refractivity contribution >= 4 is 34.8 Å². The van der Waals surface area contributed by atoms with Crippen LogP contribution in [0.2, 0.25) is 0 Å². The minimum absolute atomic E-state index is 0.0129. The van der Waals surface area contributed by atoms with Crippen LogP contribution in [0.25, 0.3) is 0 Å². The average Bonchev–Trinajstić information content (AvgIpc) is 2.88. The van der Waals surface area contributed by atoms with Gasteiger partial charge in [-0.05, 0) is 38.0 Å². The summed E-state index contributed by atoms with van der Waals surface area (Å²) in [5, 5.41) is 0. The largest absolute Gasteiger partial charge is 0.368 e. The zero-order valence-corrected chi connectivity index (χ0v) is 10.1. The number of hydrogen-bond acceptors (Lipinski definition) is 1. The predicted molar refractivity (Wildman–Crippen MR) is 58.3 cm³/mol. The van der Waals surface area contributed by atoms with Crippen LogP contribution in [0.3, 0.4) is 0 Å². The van der Waals surface area contributed by atoms with Gasteiger partial charge in [0.25, 0.3) is 0 Å². The van der Waals surface area contributed by atoms with E-state index in [2.05, 4.69) is 0 Å². The molecule has 0 radical (unpaired) electrons. The highest BCUT2D eigenvalue weighted by Gasteiger charge is 2.67. The Bertz CT molecular complexity index is 269. The first-order valence-corrected chi connectivity index (χ1v) is 6.32. The van der Waals surface area contributed by atoms with Crippen LogP contribution in [-0.2, 0) is 4.74 Å². The maximum absolute atomic E-state index is 6.38. The van der Waals surface area contributed by atoms with Gasteiger partial charge in [0, 0.05) is 0 Å². The fraction of sp³-hybridized carbons (Fsp3) is 1.00. The van der Waals surface area contributed by atoms with Gasteiger partial charge < -0.3 is 4.74 Å². The molecule has 2 aliphatic carbocycles. The number of ether oxygens (including phenoxy) is 1. The van der Waals surface area contributed by atoms with Crippen molar-refractivity contribution in [3.63, 3.8) is 0 Å². The van der Waals surface area contributed by atoms with E-state index in [4.69, 9.17) is 39.5 Å². The van der Waals surface area contributed by atoms with Gasteiger partial charge in [0.05, 0.1) is 11.5 Å². The molecule has 3 aliphatic rings. The summed E-state index contributed by atoms with van der Waals surface area (Å²) in [7, 11) is 0. The second kappa shape index (κ2) is 2.74. The molecule has 3 rings (SSSR count). The molecule has 14 heavy (non-hydrogen) atoms. The standard InChI is InChI=1S/C10H13Cl3O/c11-8(3-4-8)9(6-14-9)2-1-7-5-10(7,12)13/h7H,1-6H2. The molecule has 0 amide bonds. The molecular formula is C10H13Cl3O. The summed E-state index contributed by atoms with van der Waals surface area (Å²) in [5.74, 6) is 0.464. The highest BCUT2D eigenvalue weighted by Crippen LogP contribution is 2.62. The van der Waals surface area contributed by atoms with Crippen LogP contribution >= 0.6 is 34.8 Å². The summed E-state index contributed by atoms with van der Waals surface area (Å²) in [5.41, 5.74) is -0.0129. The second-order valence-electron chi connectivity index (χ2n) is 4.95. The number of halogens is 3. The molecule has 3 fully saturated rings. The van der Waals surface area contributed by atoms with Gasteiger partial charge in [0.2, 0.25) is 0 Å². The molecule has 2 saturated carbocycles. The molecule has 2 atom stereocenters. The summed E-state index contributed by atoms with van der Waals surface area (Å²) in [6, 6.07) is 0. The lowest BCUT2D eigenvalue weighted by Gasteiger charge is -2.16. The molecule has 2 unspecified atom stereocenters. The van der Waals surface area contributed by atoms with Gasteiger partial charge in [-0.25, -0.2) is 0 Å². The molecule has 0 aromatic rings. The zero-order valence-electron chi connectivity index (χ0n) is 7.86. The Labute approximate surface area is 99.0 Å². The number of rotatable bonds is 4. The maximum atomic E-state index is 6.38. The predicted octanol–water partition coefficient (Wildman–Crippen LogP) is 3.50. The highest BCUT2D eigenvalue weighted by molar-refractivity contribution is 6.50. The van der Waals surface area contributed by atoms with Crippen LogP contribution in [0.15, 0.2) is 0 Å². The van der Waals surface area contributed by atoms with Crippen molar-refractivity contribution in [1.82, 2.24) is 0 Å². The van der Waals surface area contributed by atoms with Gasteiger partial charge in [-0.2, -0.15) is 0 Å². The van der Waals surface area contributed by atoms with Gasteiger partial charge in [0.15, 0.2) is 0 Å². The SMILES string of the molecule is ClC1(Cl)CC1CCC1(C2(Cl)CC2)CO1. The van der Waals surface area contributed by atoms with Gasteiger partial charge in [-0.1, -0.05) is 0 Å². The highest BCUT2D eigenvalue weighted by atomic mass is 35.5. The van der Waals surface area contributed by atoms with Crippen molar-refractivity contribution in [3.05, 3.63) is 0 Å². The lowest BCUT2D eigenvalue weighted by atomic mass is 9.96. The summed E-state index contributed by atoms with van der Waals surface area (Å²) >= 11 is 18.3. The fourth-order valence-electron chi connectivity index (χ4n) is 2.27. The third-order valence-electron chi connectivity index (χ3n) is 3.85. The van der Waals surface area contributed by atoms with E-state index in [-0.39, 0.29) is 10.5 Å². The van der Waals surface area contributed by atoms with Crippen LogP contribution < -0.4 is 0 Å². The van der Waals surface area contributed by atoms with E-state index in [1.165, 1.54) is 0 Å². The Morgan fingerprint density at radius 2 is 1.79 bits per heavy atom. The van der Waals surface area contributed by atoms with Crippen molar-refractivity contribution in [2.75, 3.05) is 6.61 Å². The quantitative estimate of drug-likeness (QED) is 0.553. The van der Waals surface area contributed by atoms with Crippen molar-refractivity contribution in [1.29, 1.82) is 0 Å². The summed E-state index contributed by atoms with van der Waals surface area (Å²) in [6.07, 6.45) is 5.23. The van der Waals surface area contributed by atoms with Crippen molar-refractivity contribution in [3.8, 4) is 0 Å². The third-order valence-corrected chi connectivity index (χ3v) is 5.50. The molecule has 0 aromatic carbocycles. The minimum atomic E-state index is -0.445. The molecule has 0 spiro atoms. The van der Waals surface area contributed by atoms with Gasteiger partial charge >= 0.3 is 0 Å². The first kappa shape index (κ1) is 10.0. The molecular weight excluding hydrogens is 242 g/mol. The zero-order chi connectivity index (χ0) is 10.0. The van der Waals surface area contributed by atoms with Crippen LogP contribution in [0, 0.1) is 5.92 Å². The Kier molecular flexibility index (Phi) is 1.96. The molecule has 1 nitrogen and oxygen atoms in total. The van der Waals surface area contributed by atoms with E-state index < -0.39 is 4.33 Å². The summed E-state index contributed by atoms with van der Waals surface area (Å²) in [4.78, 5) is -0.0385. The topological polar surface area (TPSA) is 12.5 Å².